The largest absolute Gasteiger partial charge is 0.459 e. The summed E-state index contributed by atoms with van der Waals surface area (Å²) in [6.45, 7) is 0.712. The van der Waals surface area contributed by atoms with Gasteiger partial charge in [-0.05, 0) is 24.3 Å². The Morgan fingerprint density at radius 3 is 2.73 bits per heavy atom. The monoisotopic (exact) mass is 352 g/mol. The Hall–Kier alpha value is -3.35. The molecule has 0 aliphatic carbocycles. The number of nitrogens with zero attached hydrogens (tertiary/aromatic N) is 3. The van der Waals surface area contributed by atoms with Gasteiger partial charge < -0.3 is 14.6 Å². The van der Waals surface area contributed by atoms with E-state index in [1.807, 2.05) is 36.5 Å². The van der Waals surface area contributed by atoms with Gasteiger partial charge in [-0.1, -0.05) is 18.2 Å². The summed E-state index contributed by atoms with van der Waals surface area (Å²) in [4.78, 5) is 25.6. The Morgan fingerprint density at radius 1 is 1.19 bits per heavy atom. The zero-order valence-electron chi connectivity index (χ0n) is 14.5. The number of furan rings is 1. The van der Waals surface area contributed by atoms with Gasteiger partial charge >= 0.3 is 0 Å². The zero-order chi connectivity index (χ0) is 18.4. The number of carbonyl (C=O) groups is 2. The lowest BCUT2D eigenvalue weighted by Crippen LogP contribution is -2.31. The first-order valence-corrected chi connectivity index (χ1v) is 8.28. The van der Waals surface area contributed by atoms with Gasteiger partial charge in [0.05, 0.1) is 18.1 Å². The highest BCUT2D eigenvalue weighted by Crippen LogP contribution is 2.09. The van der Waals surface area contributed by atoms with Crippen molar-refractivity contribution in [2.75, 3.05) is 13.6 Å². The van der Waals surface area contributed by atoms with E-state index >= 15 is 0 Å². The third-order valence-corrected chi connectivity index (χ3v) is 3.87. The topological polar surface area (TPSA) is 80.4 Å². The molecule has 134 valence electrons. The molecule has 0 fully saturated rings. The molecule has 0 bridgehead atoms. The van der Waals surface area contributed by atoms with E-state index < -0.39 is 0 Å². The van der Waals surface area contributed by atoms with Gasteiger partial charge in [0.25, 0.3) is 5.91 Å². The van der Waals surface area contributed by atoms with Gasteiger partial charge in [0.1, 0.15) is 0 Å². The van der Waals surface area contributed by atoms with E-state index in [0.29, 0.717) is 6.54 Å². The van der Waals surface area contributed by atoms with Crippen molar-refractivity contribution >= 4 is 11.8 Å². The van der Waals surface area contributed by atoms with Crippen LogP contribution >= 0.6 is 0 Å². The van der Waals surface area contributed by atoms with Crippen molar-refractivity contribution in [3.63, 3.8) is 0 Å². The molecule has 2 amide bonds. The van der Waals surface area contributed by atoms with E-state index in [1.165, 1.54) is 6.26 Å². The van der Waals surface area contributed by atoms with Crippen LogP contribution in [0.5, 0.6) is 0 Å². The maximum Gasteiger partial charge on any atom is 0.286 e. The normalized spacial score (nSPS) is 10.5. The summed E-state index contributed by atoms with van der Waals surface area (Å²) in [6.07, 6.45) is 5.30. The van der Waals surface area contributed by atoms with Crippen LogP contribution in [0.3, 0.4) is 0 Å². The first-order valence-electron chi connectivity index (χ1n) is 8.28. The van der Waals surface area contributed by atoms with Crippen molar-refractivity contribution in [3.8, 4) is 5.69 Å². The second kappa shape index (κ2) is 8.15. The number of carbonyl (C=O) groups excluding carboxylic acids is 2. The summed E-state index contributed by atoms with van der Waals surface area (Å²) in [5.41, 5.74) is 1.90. The maximum atomic E-state index is 12.2. The number of nitrogens with one attached hydrogen (secondary N) is 1. The number of amides is 2. The Labute approximate surface area is 151 Å². The third-order valence-electron chi connectivity index (χ3n) is 3.87. The summed E-state index contributed by atoms with van der Waals surface area (Å²) >= 11 is 0. The van der Waals surface area contributed by atoms with Crippen molar-refractivity contribution < 1.29 is 14.0 Å². The number of hydrogen-bond donors (Lipinski definition) is 1. The predicted molar refractivity (Wildman–Crippen MR) is 95.7 cm³/mol. The lowest BCUT2D eigenvalue weighted by atomic mass is 10.3. The molecule has 1 aromatic carbocycles. The number of aromatic nitrogens is 2. The Bertz CT molecular complexity index is 856. The van der Waals surface area contributed by atoms with E-state index in [0.717, 1.165) is 11.3 Å². The van der Waals surface area contributed by atoms with Crippen molar-refractivity contribution in [1.82, 2.24) is 20.0 Å². The Kier molecular flexibility index (Phi) is 5.48. The Balaban J connectivity index is 1.47. The molecule has 0 saturated heterocycles. The fraction of sp³-hybridized carbons (Fsp3) is 0.211. The summed E-state index contributed by atoms with van der Waals surface area (Å²) in [5, 5.41) is 6.99. The molecule has 0 aliphatic rings. The zero-order valence-corrected chi connectivity index (χ0v) is 14.5. The highest BCUT2D eigenvalue weighted by Gasteiger charge is 2.13. The molecule has 3 rings (SSSR count). The summed E-state index contributed by atoms with van der Waals surface area (Å²) in [6, 6.07) is 13.0. The molecule has 7 nitrogen and oxygen atoms in total. The van der Waals surface area contributed by atoms with Gasteiger partial charge in [0, 0.05) is 38.3 Å². The second-order valence-electron chi connectivity index (χ2n) is 5.86. The summed E-state index contributed by atoms with van der Waals surface area (Å²) < 4.78 is 6.78. The minimum atomic E-state index is -0.324. The average molecular weight is 352 g/mol. The maximum absolute atomic E-state index is 12.2. The predicted octanol–water partition coefficient (Wildman–Crippen LogP) is 2.24. The molecule has 1 N–H and O–H groups in total. The Morgan fingerprint density at radius 2 is 2.00 bits per heavy atom. The fourth-order valence-corrected chi connectivity index (χ4v) is 2.49. The van der Waals surface area contributed by atoms with E-state index in [2.05, 4.69) is 10.4 Å². The minimum absolute atomic E-state index is 0.0581. The van der Waals surface area contributed by atoms with Crippen LogP contribution in [-0.4, -0.2) is 40.1 Å². The van der Waals surface area contributed by atoms with Crippen LogP contribution in [0.4, 0.5) is 0 Å². The highest BCUT2D eigenvalue weighted by atomic mass is 16.3. The second-order valence-corrected chi connectivity index (χ2v) is 5.86. The fourth-order valence-electron chi connectivity index (χ4n) is 2.49. The SMILES string of the molecule is CN(Cc1cnn(-c2ccccc2)c1)C(=O)CCNC(=O)c1ccco1. The van der Waals surface area contributed by atoms with E-state index in [9.17, 15) is 9.59 Å². The standard InChI is InChI=1S/C19H20N4O3/c1-22(18(24)9-10-20-19(25)17-8-5-11-26-17)13-15-12-21-23(14-15)16-6-3-2-4-7-16/h2-8,11-12,14H,9-10,13H2,1H3,(H,20,25). The van der Waals surface area contributed by atoms with Crippen LogP contribution in [0.25, 0.3) is 5.69 Å². The van der Waals surface area contributed by atoms with Gasteiger partial charge in [0.15, 0.2) is 5.76 Å². The van der Waals surface area contributed by atoms with Crippen LogP contribution in [0.1, 0.15) is 22.5 Å². The van der Waals surface area contributed by atoms with Crippen molar-refractivity contribution in [3.05, 3.63) is 72.4 Å². The molecule has 2 heterocycles. The van der Waals surface area contributed by atoms with E-state index in [-0.39, 0.29) is 30.5 Å². The highest BCUT2D eigenvalue weighted by molar-refractivity contribution is 5.91. The molecule has 0 radical (unpaired) electrons. The average Bonchev–Trinajstić information content (AvgIpc) is 3.34. The van der Waals surface area contributed by atoms with Crippen LogP contribution in [0.2, 0.25) is 0 Å². The number of benzene rings is 1. The first kappa shape index (κ1) is 17.5. The number of hydrogen-bond acceptors (Lipinski definition) is 4. The van der Waals surface area contributed by atoms with Gasteiger partial charge in [0.2, 0.25) is 5.91 Å². The van der Waals surface area contributed by atoms with Gasteiger partial charge in [-0.15, -0.1) is 0 Å². The quantitative estimate of drug-likeness (QED) is 0.707. The lowest BCUT2D eigenvalue weighted by molar-refractivity contribution is -0.130. The molecule has 0 saturated carbocycles. The van der Waals surface area contributed by atoms with Crippen LogP contribution in [0, 0.1) is 0 Å². The molecular formula is C19H20N4O3. The van der Waals surface area contributed by atoms with E-state index in [4.69, 9.17) is 4.42 Å². The first-order chi connectivity index (χ1) is 12.6. The summed E-state index contributed by atoms with van der Waals surface area (Å²) in [7, 11) is 1.73. The molecule has 0 aliphatic heterocycles. The molecule has 7 heteroatoms. The molecular weight excluding hydrogens is 332 g/mol. The third kappa shape index (κ3) is 4.38. The molecule has 0 spiro atoms. The lowest BCUT2D eigenvalue weighted by Gasteiger charge is -2.16. The molecule has 26 heavy (non-hydrogen) atoms. The number of rotatable bonds is 7. The summed E-state index contributed by atoms with van der Waals surface area (Å²) in [5.74, 6) is -0.147. The van der Waals surface area contributed by atoms with E-state index in [1.54, 1.807) is 35.0 Å². The molecule has 2 aromatic heterocycles. The molecule has 3 aromatic rings. The van der Waals surface area contributed by atoms with Crippen LogP contribution in [-0.2, 0) is 11.3 Å². The molecule has 0 atom stereocenters. The minimum Gasteiger partial charge on any atom is -0.459 e. The van der Waals surface area contributed by atoms with Crippen LogP contribution < -0.4 is 5.32 Å². The van der Waals surface area contributed by atoms with Gasteiger partial charge in [-0.2, -0.15) is 5.10 Å². The van der Waals surface area contributed by atoms with Crippen molar-refractivity contribution in [1.29, 1.82) is 0 Å². The molecule has 0 unspecified atom stereocenters. The number of para-hydroxylation sites is 1. The van der Waals surface area contributed by atoms with Gasteiger partial charge in [-0.25, -0.2) is 4.68 Å². The van der Waals surface area contributed by atoms with Crippen molar-refractivity contribution in [2.24, 2.45) is 0 Å². The van der Waals surface area contributed by atoms with Gasteiger partial charge in [-0.3, -0.25) is 9.59 Å². The van der Waals surface area contributed by atoms with Crippen molar-refractivity contribution in [2.45, 2.75) is 13.0 Å². The van der Waals surface area contributed by atoms with Crippen LogP contribution in [0.15, 0.2) is 65.5 Å². The smallest absolute Gasteiger partial charge is 0.286 e.